The van der Waals surface area contributed by atoms with Gasteiger partial charge in [0.15, 0.2) is 9.84 Å². The van der Waals surface area contributed by atoms with Crippen LogP contribution in [0.3, 0.4) is 0 Å². The molecule has 1 fully saturated rings. The van der Waals surface area contributed by atoms with E-state index in [2.05, 4.69) is 4.72 Å². The number of sulfonamides is 1. The average molecular weight is 333 g/mol. The van der Waals surface area contributed by atoms with Gasteiger partial charge in [-0.15, -0.1) is 0 Å². The van der Waals surface area contributed by atoms with Gasteiger partial charge in [0.25, 0.3) is 0 Å². The van der Waals surface area contributed by atoms with Crippen molar-refractivity contribution in [3.05, 3.63) is 29.8 Å². The van der Waals surface area contributed by atoms with Crippen LogP contribution < -0.4 is 4.72 Å². The molecule has 21 heavy (non-hydrogen) atoms. The van der Waals surface area contributed by atoms with E-state index in [0.29, 0.717) is 5.56 Å². The fourth-order valence-electron chi connectivity index (χ4n) is 2.17. The summed E-state index contributed by atoms with van der Waals surface area (Å²) >= 11 is 0. The Hall–Kier alpha value is -1.61. The van der Waals surface area contributed by atoms with Crippen molar-refractivity contribution < 1.29 is 26.7 Å². The highest BCUT2D eigenvalue weighted by Gasteiger charge is 2.37. The minimum Gasteiger partial charge on any atom is -0.481 e. The highest BCUT2D eigenvalue weighted by molar-refractivity contribution is 7.97. The molecule has 1 saturated heterocycles. The zero-order valence-corrected chi connectivity index (χ0v) is 12.7. The maximum Gasteiger partial charge on any atom is 0.307 e. The smallest absolute Gasteiger partial charge is 0.307 e. The van der Waals surface area contributed by atoms with E-state index >= 15 is 0 Å². The molecule has 0 amide bonds. The van der Waals surface area contributed by atoms with Crippen LogP contribution in [0.4, 0.5) is 5.69 Å². The normalized spacial score (nSPS) is 21.0. The summed E-state index contributed by atoms with van der Waals surface area (Å²) in [7, 11) is -7.10. The van der Waals surface area contributed by atoms with E-state index in [9.17, 15) is 21.6 Å². The minimum absolute atomic E-state index is 0.0759. The molecule has 7 nitrogen and oxygen atoms in total. The van der Waals surface area contributed by atoms with Gasteiger partial charge in [0.05, 0.1) is 23.2 Å². The zero-order chi connectivity index (χ0) is 15.7. The van der Waals surface area contributed by atoms with Gasteiger partial charge >= 0.3 is 5.97 Å². The Bertz CT molecular complexity index is 754. The van der Waals surface area contributed by atoms with Gasteiger partial charge in [-0.2, -0.15) is 0 Å². The fourth-order valence-corrected chi connectivity index (χ4v) is 6.25. The second-order valence-corrected chi connectivity index (χ2v) is 9.13. The number of carboxylic acid groups (broad SMARTS) is 1. The first kappa shape index (κ1) is 15.8. The summed E-state index contributed by atoms with van der Waals surface area (Å²) in [5, 5.41) is 7.75. The van der Waals surface area contributed by atoms with Crippen molar-refractivity contribution in [1.29, 1.82) is 0 Å². The predicted molar refractivity (Wildman–Crippen MR) is 77.4 cm³/mol. The number of nitrogens with one attached hydrogen (secondary N) is 1. The summed E-state index contributed by atoms with van der Waals surface area (Å²) in [6.45, 7) is 0. The third-order valence-corrected chi connectivity index (χ3v) is 6.95. The molecule has 0 bridgehead atoms. The van der Waals surface area contributed by atoms with Gasteiger partial charge in [-0.3, -0.25) is 9.52 Å². The Morgan fingerprint density at radius 2 is 2.10 bits per heavy atom. The summed E-state index contributed by atoms with van der Waals surface area (Å²) in [4.78, 5) is 10.6. The van der Waals surface area contributed by atoms with Crippen LogP contribution in [-0.4, -0.2) is 44.7 Å². The lowest BCUT2D eigenvalue weighted by Gasteiger charge is -2.13. The maximum absolute atomic E-state index is 12.1. The molecular weight excluding hydrogens is 318 g/mol. The van der Waals surface area contributed by atoms with Crippen molar-refractivity contribution in [2.75, 3.05) is 16.2 Å². The number of rotatable bonds is 5. The van der Waals surface area contributed by atoms with Crippen LogP contribution in [-0.2, 0) is 31.1 Å². The largest absolute Gasteiger partial charge is 0.481 e. The lowest BCUT2D eigenvalue weighted by Crippen LogP contribution is -2.28. The Balaban J connectivity index is 2.15. The molecule has 1 heterocycles. The molecular formula is C12H15NO6S2. The fraction of sp³-hybridized carbons (Fsp3) is 0.417. The van der Waals surface area contributed by atoms with Gasteiger partial charge in [0.1, 0.15) is 0 Å². The molecule has 1 unspecified atom stereocenters. The standard InChI is InChI=1S/C12H15NO6S2/c14-12(15)7-9-2-1-3-10(6-9)13-21(18,19)11-4-5-20(16,17)8-11/h1-3,6,11,13H,4-5,7-8H2,(H,14,15). The minimum atomic E-state index is -3.81. The molecule has 0 spiro atoms. The van der Waals surface area contributed by atoms with Crippen LogP contribution in [0.25, 0.3) is 0 Å². The first-order valence-corrected chi connectivity index (χ1v) is 9.57. The summed E-state index contributed by atoms with van der Waals surface area (Å²) in [6, 6.07) is 6.04. The molecule has 1 aliphatic rings. The van der Waals surface area contributed by atoms with E-state index in [0.717, 1.165) is 0 Å². The maximum atomic E-state index is 12.1. The number of benzene rings is 1. The molecule has 2 N–H and O–H groups in total. The molecule has 0 aromatic heterocycles. The number of aliphatic carboxylic acids is 1. The number of sulfone groups is 1. The molecule has 1 aliphatic heterocycles. The highest BCUT2D eigenvalue weighted by atomic mass is 32.2. The van der Waals surface area contributed by atoms with E-state index in [1.807, 2.05) is 0 Å². The average Bonchev–Trinajstić information content (AvgIpc) is 2.69. The van der Waals surface area contributed by atoms with Gasteiger partial charge < -0.3 is 5.11 Å². The Kier molecular flexibility index (Phi) is 4.24. The van der Waals surface area contributed by atoms with E-state index in [1.165, 1.54) is 12.1 Å². The third kappa shape index (κ3) is 4.18. The molecule has 0 aliphatic carbocycles. The Morgan fingerprint density at radius 3 is 2.67 bits per heavy atom. The van der Waals surface area contributed by atoms with Gasteiger partial charge in [-0.05, 0) is 24.1 Å². The van der Waals surface area contributed by atoms with Crippen molar-refractivity contribution in [3.63, 3.8) is 0 Å². The molecule has 1 aromatic rings. The van der Waals surface area contributed by atoms with Gasteiger partial charge in [-0.25, -0.2) is 16.8 Å². The van der Waals surface area contributed by atoms with E-state index < -0.39 is 31.1 Å². The molecule has 116 valence electrons. The van der Waals surface area contributed by atoms with Crippen LogP contribution in [0.2, 0.25) is 0 Å². The number of carboxylic acids is 1. The lowest BCUT2D eigenvalue weighted by molar-refractivity contribution is -0.136. The first-order chi connectivity index (χ1) is 9.68. The Labute approximate surface area is 123 Å². The van der Waals surface area contributed by atoms with Crippen molar-refractivity contribution in [3.8, 4) is 0 Å². The summed E-state index contributed by atoms with van der Waals surface area (Å²) < 4.78 is 49.3. The molecule has 0 radical (unpaired) electrons. The van der Waals surface area contributed by atoms with Crippen LogP contribution >= 0.6 is 0 Å². The quantitative estimate of drug-likeness (QED) is 0.797. The van der Waals surface area contributed by atoms with Gasteiger partial charge in [0, 0.05) is 5.69 Å². The Morgan fingerprint density at radius 1 is 1.38 bits per heavy atom. The topological polar surface area (TPSA) is 118 Å². The number of carbonyl (C=O) groups is 1. The molecule has 9 heteroatoms. The van der Waals surface area contributed by atoms with Gasteiger partial charge in [0.2, 0.25) is 10.0 Å². The van der Waals surface area contributed by atoms with Crippen molar-refractivity contribution >= 4 is 31.5 Å². The first-order valence-electron chi connectivity index (χ1n) is 6.21. The van der Waals surface area contributed by atoms with E-state index in [4.69, 9.17) is 5.11 Å². The number of hydrogen-bond donors (Lipinski definition) is 2. The molecule has 2 rings (SSSR count). The van der Waals surface area contributed by atoms with Crippen LogP contribution in [0.5, 0.6) is 0 Å². The third-order valence-electron chi connectivity index (χ3n) is 3.17. The van der Waals surface area contributed by atoms with Crippen molar-refractivity contribution in [2.24, 2.45) is 0 Å². The van der Waals surface area contributed by atoms with Crippen molar-refractivity contribution in [2.45, 2.75) is 18.1 Å². The van der Waals surface area contributed by atoms with E-state index in [-0.39, 0.29) is 30.0 Å². The summed E-state index contributed by atoms with van der Waals surface area (Å²) in [6.07, 6.45) is -0.139. The lowest BCUT2D eigenvalue weighted by atomic mass is 10.1. The van der Waals surface area contributed by atoms with Crippen LogP contribution in [0.15, 0.2) is 24.3 Å². The van der Waals surface area contributed by atoms with Crippen LogP contribution in [0, 0.1) is 0 Å². The second-order valence-electron chi connectivity index (χ2n) is 4.94. The molecule has 0 saturated carbocycles. The SMILES string of the molecule is O=C(O)Cc1cccc(NS(=O)(=O)C2CCS(=O)(=O)C2)c1. The zero-order valence-electron chi connectivity index (χ0n) is 11.0. The monoisotopic (exact) mass is 333 g/mol. The number of hydrogen-bond acceptors (Lipinski definition) is 5. The van der Waals surface area contributed by atoms with Crippen LogP contribution in [0.1, 0.15) is 12.0 Å². The molecule has 1 aromatic carbocycles. The van der Waals surface area contributed by atoms with E-state index in [1.54, 1.807) is 12.1 Å². The molecule has 1 atom stereocenters. The summed E-state index contributed by atoms with van der Waals surface area (Å²) in [5.41, 5.74) is 0.694. The number of anilines is 1. The highest BCUT2D eigenvalue weighted by Crippen LogP contribution is 2.22. The van der Waals surface area contributed by atoms with Gasteiger partial charge in [-0.1, -0.05) is 12.1 Å². The van der Waals surface area contributed by atoms with Crippen molar-refractivity contribution in [1.82, 2.24) is 0 Å². The summed E-state index contributed by atoms with van der Waals surface area (Å²) in [5.74, 6) is -1.52. The predicted octanol–water partition coefficient (Wildman–Crippen LogP) is 0.243. The second kappa shape index (κ2) is 5.64.